The fourth-order valence-electron chi connectivity index (χ4n) is 3.02. The summed E-state index contributed by atoms with van der Waals surface area (Å²) in [4.78, 5) is 0. The van der Waals surface area contributed by atoms with Crippen molar-refractivity contribution >= 4 is 21.4 Å². The van der Waals surface area contributed by atoms with Gasteiger partial charge in [-0.25, -0.2) is 0 Å². The monoisotopic (exact) mass is 295 g/mol. The molecule has 0 bridgehead atoms. The SMILES string of the molecule is N[C@@H]1CCc2cc(OCc3csc4ccccc34)ccc21. The molecule has 0 saturated carbocycles. The molecular formula is C18H17NOS. The van der Waals surface area contributed by atoms with Crippen LogP contribution in [0.1, 0.15) is 29.2 Å². The van der Waals surface area contributed by atoms with Crippen LogP contribution in [0.4, 0.5) is 0 Å². The van der Waals surface area contributed by atoms with E-state index in [0.717, 1.165) is 18.6 Å². The predicted octanol–water partition coefficient (Wildman–Crippen LogP) is 4.43. The molecular weight excluding hydrogens is 278 g/mol. The summed E-state index contributed by atoms with van der Waals surface area (Å²) in [6.45, 7) is 0.620. The minimum atomic E-state index is 0.204. The van der Waals surface area contributed by atoms with Gasteiger partial charge in [-0.15, -0.1) is 11.3 Å². The first-order valence-corrected chi connectivity index (χ1v) is 8.15. The highest BCUT2D eigenvalue weighted by molar-refractivity contribution is 7.17. The Bertz CT molecular complexity index is 793. The third kappa shape index (κ3) is 2.33. The summed E-state index contributed by atoms with van der Waals surface area (Å²) in [5.74, 6) is 0.943. The van der Waals surface area contributed by atoms with Gasteiger partial charge in [-0.3, -0.25) is 0 Å². The van der Waals surface area contributed by atoms with E-state index in [1.165, 1.54) is 26.8 Å². The Balaban J connectivity index is 1.55. The lowest BCUT2D eigenvalue weighted by molar-refractivity contribution is 0.308. The van der Waals surface area contributed by atoms with E-state index >= 15 is 0 Å². The van der Waals surface area contributed by atoms with Gasteiger partial charge in [0.25, 0.3) is 0 Å². The summed E-state index contributed by atoms with van der Waals surface area (Å²) in [5, 5.41) is 3.49. The first-order chi connectivity index (χ1) is 10.3. The number of nitrogens with two attached hydrogens (primary N) is 1. The number of thiophene rings is 1. The van der Waals surface area contributed by atoms with Crippen molar-refractivity contribution in [3.63, 3.8) is 0 Å². The standard InChI is InChI=1S/C18H17NOS/c19-17-8-5-12-9-14(6-7-15(12)17)20-10-13-11-21-18-4-2-1-3-16(13)18/h1-4,6-7,9,11,17H,5,8,10,19H2/t17-/m1/s1. The summed E-state index contributed by atoms with van der Waals surface area (Å²) in [5.41, 5.74) is 9.95. The highest BCUT2D eigenvalue weighted by Gasteiger charge is 2.19. The van der Waals surface area contributed by atoms with Gasteiger partial charge < -0.3 is 10.5 Å². The van der Waals surface area contributed by atoms with E-state index in [1.807, 2.05) is 6.07 Å². The number of ether oxygens (including phenoxy) is 1. The second-order valence-electron chi connectivity index (χ2n) is 5.55. The first kappa shape index (κ1) is 12.9. The summed E-state index contributed by atoms with van der Waals surface area (Å²) in [7, 11) is 0. The number of fused-ring (bicyclic) bond motifs is 2. The van der Waals surface area contributed by atoms with Crippen molar-refractivity contribution in [3.05, 3.63) is 64.5 Å². The summed E-state index contributed by atoms with van der Waals surface area (Å²) < 4.78 is 7.30. The van der Waals surface area contributed by atoms with Crippen molar-refractivity contribution in [2.75, 3.05) is 0 Å². The van der Waals surface area contributed by atoms with Crippen molar-refractivity contribution in [1.29, 1.82) is 0 Å². The molecule has 1 atom stereocenters. The minimum Gasteiger partial charge on any atom is -0.489 e. The van der Waals surface area contributed by atoms with Crippen LogP contribution in [0.15, 0.2) is 47.8 Å². The summed E-state index contributed by atoms with van der Waals surface area (Å²) in [6.07, 6.45) is 2.11. The molecule has 1 heterocycles. The van der Waals surface area contributed by atoms with Crippen LogP contribution in [0.3, 0.4) is 0 Å². The quantitative estimate of drug-likeness (QED) is 0.776. The molecule has 0 unspecified atom stereocenters. The lowest BCUT2D eigenvalue weighted by Crippen LogP contribution is -2.05. The van der Waals surface area contributed by atoms with Crippen LogP contribution in [0.25, 0.3) is 10.1 Å². The van der Waals surface area contributed by atoms with E-state index < -0.39 is 0 Å². The first-order valence-electron chi connectivity index (χ1n) is 7.27. The van der Waals surface area contributed by atoms with Gasteiger partial charge >= 0.3 is 0 Å². The van der Waals surface area contributed by atoms with Gasteiger partial charge in [0, 0.05) is 16.3 Å². The zero-order valence-electron chi connectivity index (χ0n) is 11.7. The van der Waals surface area contributed by atoms with Crippen LogP contribution < -0.4 is 10.5 Å². The average Bonchev–Trinajstić information content (AvgIpc) is 3.09. The van der Waals surface area contributed by atoms with E-state index in [-0.39, 0.29) is 6.04 Å². The van der Waals surface area contributed by atoms with Gasteiger partial charge in [-0.1, -0.05) is 24.3 Å². The molecule has 1 aliphatic rings. The van der Waals surface area contributed by atoms with Crippen LogP contribution in [-0.2, 0) is 13.0 Å². The van der Waals surface area contributed by atoms with Crippen molar-refractivity contribution in [3.8, 4) is 5.75 Å². The van der Waals surface area contributed by atoms with Gasteiger partial charge in [-0.05, 0) is 52.9 Å². The normalized spacial score (nSPS) is 17.1. The molecule has 2 N–H and O–H groups in total. The molecule has 1 aliphatic carbocycles. The Hall–Kier alpha value is -1.84. The Morgan fingerprint density at radius 3 is 3.05 bits per heavy atom. The molecule has 0 radical (unpaired) electrons. The van der Waals surface area contributed by atoms with E-state index in [4.69, 9.17) is 10.5 Å². The molecule has 3 heteroatoms. The van der Waals surface area contributed by atoms with Gasteiger partial charge in [0.15, 0.2) is 0 Å². The van der Waals surface area contributed by atoms with Crippen molar-refractivity contribution < 1.29 is 4.74 Å². The Labute approximate surface area is 128 Å². The molecule has 21 heavy (non-hydrogen) atoms. The lowest BCUT2D eigenvalue weighted by Gasteiger charge is -2.09. The van der Waals surface area contributed by atoms with E-state index in [1.54, 1.807) is 11.3 Å². The molecule has 1 aromatic heterocycles. The molecule has 106 valence electrons. The fraction of sp³-hybridized carbons (Fsp3) is 0.222. The summed E-state index contributed by atoms with van der Waals surface area (Å²) >= 11 is 1.77. The minimum absolute atomic E-state index is 0.204. The topological polar surface area (TPSA) is 35.2 Å². The Morgan fingerprint density at radius 1 is 1.19 bits per heavy atom. The van der Waals surface area contributed by atoms with Crippen LogP contribution >= 0.6 is 11.3 Å². The molecule has 3 aromatic rings. The molecule has 2 aromatic carbocycles. The highest BCUT2D eigenvalue weighted by atomic mass is 32.1. The maximum absolute atomic E-state index is 6.07. The molecule has 0 aliphatic heterocycles. The van der Waals surface area contributed by atoms with Crippen LogP contribution in [0.2, 0.25) is 0 Å². The van der Waals surface area contributed by atoms with E-state index in [2.05, 4.69) is 41.8 Å². The van der Waals surface area contributed by atoms with E-state index in [0.29, 0.717) is 6.61 Å². The molecule has 0 amide bonds. The predicted molar refractivity (Wildman–Crippen MR) is 87.8 cm³/mol. The lowest BCUT2D eigenvalue weighted by atomic mass is 10.1. The molecule has 0 saturated heterocycles. The second kappa shape index (κ2) is 5.17. The zero-order valence-corrected chi connectivity index (χ0v) is 12.5. The summed E-state index contributed by atoms with van der Waals surface area (Å²) in [6, 6.07) is 15.0. The zero-order chi connectivity index (χ0) is 14.2. The maximum Gasteiger partial charge on any atom is 0.120 e. The largest absolute Gasteiger partial charge is 0.489 e. The third-order valence-corrected chi connectivity index (χ3v) is 5.21. The molecule has 0 spiro atoms. The number of aryl methyl sites for hydroxylation is 1. The number of hydrogen-bond acceptors (Lipinski definition) is 3. The molecule has 4 rings (SSSR count). The van der Waals surface area contributed by atoms with Crippen LogP contribution in [0.5, 0.6) is 5.75 Å². The highest BCUT2D eigenvalue weighted by Crippen LogP contribution is 2.32. The van der Waals surface area contributed by atoms with Crippen molar-refractivity contribution in [2.45, 2.75) is 25.5 Å². The smallest absolute Gasteiger partial charge is 0.120 e. The van der Waals surface area contributed by atoms with Crippen LogP contribution in [-0.4, -0.2) is 0 Å². The van der Waals surface area contributed by atoms with Gasteiger partial charge in [0.05, 0.1) is 0 Å². The third-order valence-electron chi connectivity index (χ3n) is 4.19. The van der Waals surface area contributed by atoms with Gasteiger partial charge in [0.2, 0.25) is 0 Å². The van der Waals surface area contributed by atoms with Crippen LogP contribution in [0, 0.1) is 0 Å². The maximum atomic E-state index is 6.07. The van der Waals surface area contributed by atoms with Gasteiger partial charge in [0.1, 0.15) is 12.4 Å². The Kier molecular flexibility index (Phi) is 3.17. The second-order valence-corrected chi connectivity index (χ2v) is 6.46. The fourth-order valence-corrected chi connectivity index (χ4v) is 3.97. The van der Waals surface area contributed by atoms with Crippen molar-refractivity contribution in [1.82, 2.24) is 0 Å². The van der Waals surface area contributed by atoms with Crippen molar-refractivity contribution in [2.24, 2.45) is 5.73 Å². The Morgan fingerprint density at radius 2 is 2.10 bits per heavy atom. The molecule has 2 nitrogen and oxygen atoms in total. The number of hydrogen-bond donors (Lipinski definition) is 1. The number of benzene rings is 2. The average molecular weight is 295 g/mol. The van der Waals surface area contributed by atoms with E-state index in [9.17, 15) is 0 Å². The molecule has 0 fully saturated rings. The van der Waals surface area contributed by atoms with Gasteiger partial charge in [-0.2, -0.15) is 0 Å². The number of rotatable bonds is 3.